The van der Waals surface area contributed by atoms with E-state index in [0.717, 1.165) is 5.56 Å². The summed E-state index contributed by atoms with van der Waals surface area (Å²) in [5.74, 6) is 0.826. The highest BCUT2D eigenvalue weighted by molar-refractivity contribution is 6.29. The number of ether oxygens (including phenoxy) is 4. The molecular weight excluding hydrogens is 320 g/mol. The molecule has 7 heteroatoms. The Morgan fingerprint density at radius 1 is 1.09 bits per heavy atom. The smallest absolute Gasteiger partial charge is 0.223 e. The van der Waals surface area contributed by atoms with Gasteiger partial charge in [-0.3, -0.25) is 0 Å². The van der Waals surface area contributed by atoms with Crippen molar-refractivity contribution in [3.8, 4) is 11.6 Å². The van der Waals surface area contributed by atoms with Crippen LogP contribution in [0.5, 0.6) is 11.6 Å². The van der Waals surface area contributed by atoms with Gasteiger partial charge >= 0.3 is 0 Å². The summed E-state index contributed by atoms with van der Waals surface area (Å²) in [4.78, 5) is 7.89. The average Bonchev–Trinajstić information content (AvgIpc) is 2.56. The van der Waals surface area contributed by atoms with E-state index < -0.39 is 6.29 Å². The molecule has 0 aliphatic rings. The first-order chi connectivity index (χ1) is 11.2. The van der Waals surface area contributed by atoms with Crippen LogP contribution in [0, 0.1) is 0 Å². The Morgan fingerprint density at radius 2 is 1.83 bits per heavy atom. The van der Waals surface area contributed by atoms with Crippen molar-refractivity contribution in [3.63, 3.8) is 0 Å². The molecular formula is C16H19ClN2O4. The predicted molar refractivity (Wildman–Crippen MR) is 86.0 cm³/mol. The Morgan fingerprint density at radius 3 is 2.48 bits per heavy atom. The molecule has 0 saturated heterocycles. The number of hydrogen-bond donors (Lipinski definition) is 0. The van der Waals surface area contributed by atoms with Crippen LogP contribution in [-0.4, -0.2) is 44.2 Å². The normalized spacial score (nSPS) is 12.4. The Labute approximate surface area is 140 Å². The number of nitrogens with zero attached hydrogens (tertiary/aromatic N) is 2. The third-order valence-corrected chi connectivity index (χ3v) is 3.49. The fourth-order valence-electron chi connectivity index (χ4n) is 2.28. The van der Waals surface area contributed by atoms with Gasteiger partial charge in [-0.05, 0) is 6.07 Å². The van der Waals surface area contributed by atoms with Gasteiger partial charge in [-0.1, -0.05) is 29.8 Å². The Bertz CT molecular complexity index is 623. The summed E-state index contributed by atoms with van der Waals surface area (Å²) in [6.07, 6.45) is 0.883. The molecule has 2 rings (SSSR count). The fraction of sp³-hybridized carbons (Fsp3) is 0.375. The molecule has 0 radical (unpaired) electrons. The zero-order chi connectivity index (χ0) is 16.7. The maximum absolute atomic E-state index is 5.87. The monoisotopic (exact) mass is 338 g/mol. The van der Waals surface area contributed by atoms with Gasteiger partial charge in [-0.15, -0.1) is 0 Å². The third-order valence-electron chi connectivity index (χ3n) is 3.28. The topological polar surface area (TPSA) is 62.7 Å². The second-order valence-corrected chi connectivity index (χ2v) is 5.11. The van der Waals surface area contributed by atoms with Crippen LogP contribution >= 0.6 is 11.6 Å². The van der Waals surface area contributed by atoms with Gasteiger partial charge in [0.15, 0.2) is 6.29 Å². The van der Waals surface area contributed by atoms with E-state index in [2.05, 4.69) is 9.97 Å². The van der Waals surface area contributed by atoms with Crippen LogP contribution in [0.4, 0.5) is 0 Å². The summed E-state index contributed by atoms with van der Waals surface area (Å²) in [6.45, 7) is 0.414. The van der Waals surface area contributed by atoms with E-state index in [9.17, 15) is 0 Å². The lowest BCUT2D eigenvalue weighted by molar-refractivity contribution is -0.127. The first-order valence-electron chi connectivity index (χ1n) is 6.98. The molecule has 1 unspecified atom stereocenters. The van der Waals surface area contributed by atoms with Crippen molar-refractivity contribution in [1.29, 1.82) is 0 Å². The molecule has 0 N–H and O–H groups in total. The van der Waals surface area contributed by atoms with Gasteiger partial charge in [0.2, 0.25) is 5.88 Å². The van der Waals surface area contributed by atoms with Crippen LogP contribution in [0.15, 0.2) is 36.7 Å². The van der Waals surface area contributed by atoms with Crippen LogP contribution < -0.4 is 4.74 Å². The molecule has 0 fully saturated rings. The summed E-state index contributed by atoms with van der Waals surface area (Å²) < 4.78 is 21.9. The largest absolute Gasteiger partial charge is 0.439 e. The van der Waals surface area contributed by atoms with Crippen molar-refractivity contribution >= 4 is 11.6 Å². The molecule has 0 bridgehead atoms. The second-order valence-electron chi connectivity index (χ2n) is 4.72. The van der Waals surface area contributed by atoms with Gasteiger partial charge in [-0.2, -0.15) is 0 Å². The molecule has 0 aliphatic carbocycles. The first-order valence-corrected chi connectivity index (χ1v) is 7.36. The summed E-state index contributed by atoms with van der Waals surface area (Å²) in [5.41, 5.74) is 0.887. The predicted octanol–water partition coefficient (Wildman–Crippen LogP) is 3.27. The van der Waals surface area contributed by atoms with E-state index in [0.29, 0.717) is 23.4 Å². The van der Waals surface area contributed by atoms with Crippen LogP contribution in [0.3, 0.4) is 0 Å². The molecule has 1 heterocycles. The van der Waals surface area contributed by atoms with E-state index in [1.807, 2.05) is 24.3 Å². The van der Waals surface area contributed by atoms with Gasteiger partial charge in [-0.25, -0.2) is 9.97 Å². The number of hydrogen-bond acceptors (Lipinski definition) is 6. The summed E-state index contributed by atoms with van der Waals surface area (Å²) >= 11 is 5.87. The van der Waals surface area contributed by atoms with Gasteiger partial charge in [0.05, 0.1) is 12.5 Å². The summed E-state index contributed by atoms with van der Waals surface area (Å²) in [7, 11) is 4.80. The van der Waals surface area contributed by atoms with E-state index in [1.165, 1.54) is 6.33 Å². The van der Waals surface area contributed by atoms with Gasteiger partial charge in [0.1, 0.15) is 17.2 Å². The van der Waals surface area contributed by atoms with Crippen molar-refractivity contribution in [2.24, 2.45) is 0 Å². The Hall–Kier alpha value is -1.73. The summed E-state index contributed by atoms with van der Waals surface area (Å²) in [6, 6.07) is 9.12. The molecule has 0 aliphatic heterocycles. The molecule has 6 nitrogen and oxygen atoms in total. The molecule has 0 saturated carbocycles. The molecule has 1 aromatic carbocycles. The van der Waals surface area contributed by atoms with Crippen molar-refractivity contribution < 1.29 is 18.9 Å². The SMILES string of the molecule is COCC(c1ccccc1Oc1cc(Cl)ncn1)C(OC)OC. The van der Waals surface area contributed by atoms with Crippen molar-refractivity contribution in [2.45, 2.75) is 12.2 Å². The molecule has 1 atom stereocenters. The maximum Gasteiger partial charge on any atom is 0.223 e. The van der Waals surface area contributed by atoms with Crippen LogP contribution in [0.25, 0.3) is 0 Å². The Kier molecular flexibility index (Phi) is 6.73. The lowest BCUT2D eigenvalue weighted by atomic mass is 9.98. The average molecular weight is 339 g/mol. The zero-order valence-corrected chi connectivity index (χ0v) is 14.0. The highest BCUT2D eigenvalue weighted by Crippen LogP contribution is 2.33. The van der Waals surface area contributed by atoms with Gasteiger partial charge in [0.25, 0.3) is 0 Å². The minimum absolute atomic E-state index is 0.163. The van der Waals surface area contributed by atoms with Gasteiger partial charge < -0.3 is 18.9 Å². The number of rotatable bonds is 8. The second kappa shape index (κ2) is 8.79. The van der Waals surface area contributed by atoms with Crippen LogP contribution in [0.1, 0.15) is 11.5 Å². The molecule has 23 heavy (non-hydrogen) atoms. The lowest BCUT2D eigenvalue weighted by Gasteiger charge is -2.26. The molecule has 1 aromatic heterocycles. The van der Waals surface area contributed by atoms with E-state index in [-0.39, 0.29) is 5.92 Å². The molecule has 124 valence electrons. The van der Waals surface area contributed by atoms with E-state index in [1.54, 1.807) is 27.4 Å². The highest BCUT2D eigenvalue weighted by atomic mass is 35.5. The minimum Gasteiger partial charge on any atom is -0.439 e. The first kappa shape index (κ1) is 17.6. The number of halogens is 1. The molecule has 0 spiro atoms. The minimum atomic E-state index is -0.464. The van der Waals surface area contributed by atoms with Crippen molar-refractivity contribution in [2.75, 3.05) is 27.9 Å². The van der Waals surface area contributed by atoms with Crippen LogP contribution in [-0.2, 0) is 14.2 Å². The van der Waals surface area contributed by atoms with E-state index >= 15 is 0 Å². The quantitative estimate of drug-likeness (QED) is 0.543. The van der Waals surface area contributed by atoms with Crippen LogP contribution in [0.2, 0.25) is 5.15 Å². The fourth-order valence-corrected chi connectivity index (χ4v) is 2.42. The maximum atomic E-state index is 5.87. The van der Waals surface area contributed by atoms with Crippen molar-refractivity contribution in [1.82, 2.24) is 9.97 Å². The third kappa shape index (κ3) is 4.62. The standard InChI is InChI=1S/C16H19ClN2O4/c1-20-9-12(16(21-2)22-3)11-6-4-5-7-13(11)23-15-8-14(17)18-10-19-15/h4-8,10,12,16H,9H2,1-3H3. The molecule has 0 amide bonds. The van der Waals surface area contributed by atoms with E-state index in [4.69, 9.17) is 30.5 Å². The summed E-state index contributed by atoms with van der Waals surface area (Å²) in [5, 5.41) is 0.313. The number of benzene rings is 1. The van der Waals surface area contributed by atoms with Gasteiger partial charge in [0, 0.05) is 33.0 Å². The zero-order valence-electron chi connectivity index (χ0n) is 13.2. The lowest BCUT2D eigenvalue weighted by Crippen LogP contribution is -2.27. The molecule has 2 aromatic rings. The number of aromatic nitrogens is 2. The Balaban J connectivity index is 2.34. The number of para-hydroxylation sites is 1. The highest BCUT2D eigenvalue weighted by Gasteiger charge is 2.26. The number of methoxy groups -OCH3 is 3. The van der Waals surface area contributed by atoms with Crippen molar-refractivity contribution in [3.05, 3.63) is 47.4 Å².